The smallest absolute Gasteiger partial charge is 0.224 e. The standard InChI is InChI=1S/C13H15ClN4O/c1-16-13(19)10-3-2-4-18(8-10)12-11(14)5-9(6-15)7-17-12/h5,7,10H,2-4,8H2,1H3,(H,16,19). The maximum Gasteiger partial charge on any atom is 0.224 e. The summed E-state index contributed by atoms with van der Waals surface area (Å²) < 4.78 is 0. The summed E-state index contributed by atoms with van der Waals surface area (Å²) in [5.74, 6) is 0.663. The first-order valence-electron chi connectivity index (χ1n) is 6.18. The van der Waals surface area contributed by atoms with Crippen molar-refractivity contribution in [1.82, 2.24) is 10.3 Å². The number of rotatable bonds is 2. The van der Waals surface area contributed by atoms with Crippen LogP contribution in [0.1, 0.15) is 18.4 Å². The van der Waals surface area contributed by atoms with Crippen LogP contribution >= 0.6 is 11.6 Å². The van der Waals surface area contributed by atoms with Crippen LogP contribution in [0.3, 0.4) is 0 Å². The van der Waals surface area contributed by atoms with Gasteiger partial charge in [0.15, 0.2) is 0 Å². The van der Waals surface area contributed by atoms with Crippen molar-refractivity contribution in [2.45, 2.75) is 12.8 Å². The predicted octanol–water partition coefficient (Wildman–Crippen LogP) is 1.57. The van der Waals surface area contributed by atoms with E-state index in [1.54, 1.807) is 13.1 Å². The summed E-state index contributed by atoms with van der Waals surface area (Å²) in [4.78, 5) is 17.9. The number of hydrogen-bond donors (Lipinski definition) is 1. The molecular weight excluding hydrogens is 264 g/mol. The van der Waals surface area contributed by atoms with Crippen LogP contribution in [-0.4, -0.2) is 31.0 Å². The van der Waals surface area contributed by atoms with Gasteiger partial charge in [0.2, 0.25) is 5.91 Å². The number of halogens is 1. The minimum Gasteiger partial charge on any atom is -0.359 e. The Kier molecular flexibility index (Phi) is 4.23. The molecule has 1 aliphatic rings. The second kappa shape index (κ2) is 5.89. The molecular formula is C13H15ClN4O. The summed E-state index contributed by atoms with van der Waals surface area (Å²) in [5, 5.41) is 11.9. The van der Waals surface area contributed by atoms with E-state index in [2.05, 4.69) is 10.3 Å². The lowest BCUT2D eigenvalue weighted by atomic mass is 9.97. The largest absolute Gasteiger partial charge is 0.359 e. The number of aromatic nitrogens is 1. The van der Waals surface area contributed by atoms with Crippen LogP contribution in [0.25, 0.3) is 0 Å². The highest BCUT2D eigenvalue weighted by atomic mass is 35.5. The average molecular weight is 279 g/mol. The van der Waals surface area contributed by atoms with E-state index in [1.807, 2.05) is 11.0 Å². The van der Waals surface area contributed by atoms with Crippen molar-refractivity contribution >= 4 is 23.3 Å². The Morgan fingerprint density at radius 1 is 1.68 bits per heavy atom. The number of carbonyl (C=O) groups excluding carboxylic acids is 1. The highest BCUT2D eigenvalue weighted by Gasteiger charge is 2.26. The van der Waals surface area contributed by atoms with Crippen molar-refractivity contribution in [3.63, 3.8) is 0 Å². The lowest BCUT2D eigenvalue weighted by Crippen LogP contribution is -2.42. The number of anilines is 1. The van der Waals surface area contributed by atoms with Crippen molar-refractivity contribution in [3.05, 3.63) is 22.8 Å². The Labute approximate surface area is 117 Å². The minimum absolute atomic E-state index is 0.0349. The molecule has 19 heavy (non-hydrogen) atoms. The van der Waals surface area contributed by atoms with Crippen molar-refractivity contribution < 1.29 is 4.79 Å². The fraction of sp³-hybridized carbons (Fsp3) is 0.462. The number of nitrogens with one attached hydrogen (secondary N) is 1. The zero-order valence-corrected chi connectivity index (χ0v) is 11.4. The molecule has 5 nitrogen and oxygen atoms in total. The van der Waals surface area contributed by atoms with Crippen LogP contribution < -0.4 is 10.2 Å². The normalized spacial score (nSPS) is 18.8. The van der Waals surface area contributed by atoms with Gasteiger partial charge < -0.3 is 10.2 Å². The molecule has 0 bridgehead atoms. The van der Waals surface area contributed by atoms with Crippen molar-refractivity contribution in [3.8, 4) is 6.07 Å². The van der Waals surface area contributed by atoms with E-state index in [9.17, 15) is 4.79 Å². The first-order valence-corrected chi connectivity index (χ1v) is 6.55. The molecule has 2 heterocycles. The number of carbonyl (C=O) groups is 1. The lowest BCUT2D eigenvalue weighted by molar-refractivity contribution is -0.124. The van der Waals surface area contributed by atoms with Gasteiger partial charge in [-0.1, -0.05) is 11.6 Å². The van der Waals surface area contributed by atoms with Gasteiger partial charge in [0.05, 0.1) is 16.5 Å². The van der Waals surface area contributed by atoms with Gasteiger partial charge in [0, 0.05) is 26.3 Å². The molecule has 1 fully saturated rings. The summed E-state index contributed by atoms with van der Waals surface area (Å²) in [5.41, 5.74) is 0.439. The predicted molar refractivity (Wildman–Crippen MR) is 73.0 cm³/mol. The molecule has 0 spiro atoms. The SMILES string of the molecule is CNC(=O)C1CCCN(c2ncc(C#N)cc2Cl)C1. The third-order valence-corrected chi connectivity index (χ3v) is 3.57. The molecule has 0 radical (unpaired) electrons. The number of amides is 1. The molecule has 1 saturated heterocycles. The van der Waals surface area contributed by atoms with E-state index < -0.39 is 0 Å². The van der Waals surface area contributed by atoms with Gasteiger partial charge in [-0.3, -0.25) is 4.79 Å². The first-order chi connectivity index (χ1) is 9.15. The highest BCUT2D eigenvalue weighted by Crippen LogP contribution is 2.28. The molecule has 0 aromatic carbocycles. The van der Waals surface area contributed by atoms with E-state index in [1.165, 1.54) is 6.20 Å². The zero-order valence-electron chi connectivity index (χ0n) is 10.7. The topological polar surface area (TPSA) is 69.0 Å². The van der Waals surface area contributed by atoms with E-state index in [-0.39, 0.29) is 11.8 Å². The van der Waals surface area contributed by atoms with Crippen molar-refractivity contribution in [2.24, 2.45) is 5.92 Å². The summed E-state index contributed by atoms with van der Waals surface area (Å²) in [7, 11) is 1.65. The maximum atomic E-state index is 11.7. The van der Waals surface area contributed by atoms with Crippen LogP contribution in [0.2, 0.25) is 5.02 Å². The minimum atomic E-state index is -0.0349. The molecule has 1 aromatic rings. The molecule has 1 N–H and O–H groups in total. The summed E-state index contributed by atoms with van der Waals surface area (Å²) in [6, 6.07) is 3.61. The maximum absolute atomic E-state index is 11.7. The lowest BCUT2D eigenvalue weighted by Gasteiger charge is -2.33. The van der Waals surface area contributed by atoms with Crippen LogP contribution in [0, 0.1) is 17.2 Å². The van der Waals surface area contributed by atoms with E-state index in [0.717, 1.165) is 19.4 Å². The zero-order chi connectivity index (χ0) is 13.8. The quantitative estimate of drug-likeness (QED) is 0.891. The number of hydrogen-bond acceptors (Lipinski definition) is 4. The van der Waals surface area contributed by atoms with Crippen molar-refractivity contribution in [2.75, 3.05) is 25.0 Å². The number of piperidine rings is 1. The van der Waals surface area contributed by atoms with Gasteiger partial charge in [-0.05, 0) is 18.9 Å². The Hall–Kier alpha value is -1.80. The number of nitrogens with zero attached hydrogens (tertiary/aromatic N) is 3. The molecule has 1 atom stereocenters. The highest BCUT2D eigenvalue weighted by molar-refractivity contribution is 6.33. The molecule has 2 rings (SSSR count). The van der Waals surface area contributed by atoms with Gasteiger partial charge >= 0.3 is 0 Å². The number of pyridine rings is 1. The fourth-order valence-corrected chi connectivity index (χ4v) is 2.60. The third-order valence-electron chi connectivity index (χ3n) is 3.29. The van der Waals surface area contributed by atoms with Gasteiger partial charge in [-0.25, -0.2) is 4.98 Å². The molecule has 0 aliphatic carbocycles. The van der Waals surface area contributed by atoms with Crippen LogP contribution in [-0.2, 0) is 4.79 Å². The second-order valence-corrected chi connectivity index (χ2v) is 4.95. The molecule has 100 valence electrons. The van der Waals surface area contributed by atoms with Gasteiger partial charge in [-0.15, -0.1) is 0 Å². The van der Waals surface area contributed by atoms with E-state index in [4.69, 9.17) is 16.9 Å². The third kappa shape index (κ3) is 2.96. The molecule has 1 unspecified atom stereocenters. The molecule has 0 saturated carbocycles. The van der Waals surface area contributed by atoms with E-state index >= 15 is 0 Å². The Balaban J connectivity index is 2.18. The molecule has 1 aromatic heterocycles. The van der Waals surface area contributed by atoms with E-state index in [0.29, 0.717) is 22.9 Å². The monoisotopic (exact) mass is 278 g/mol. The summed E-state index contributed by atoms with van der Waals surface area (Å²) in [6.07, 6.45) is 3.31. The summed E-state index contributed by atoms with van der Waals surface area (Å²) in [6.45, 7) is 1.43. The molecule has 6 heteroatoms. The number of nitriles is 1. The Bertz CT molecular complexity index is 526. The van der Waals surface area contributed by atoms with Gasteiger partial charge in [0.25, 0.3) is 0 Å². The average Bonchev–Trinajstić information content (AvgIpc) is 2.46. The fourth-order valence-electron chi connectivity index (χ4n) is 2.31. The van der Waals surface area contributed by atoms with Crippen molar-refractivity contribution in [1.29, 1.82) is 5.26 Å². The Morgan fingerprint density at radius 3 is 3.11 bits per heavy atom. The molecule has 1 aliphatic heterocycles. The van der Waals surface area contributed by atoms with Crippen LogP contribution in [0.4, 0.5) is 5.82 Å². The van der Waals surface area contributed by atoms with Gasteiger partial charge in [-0.2, -0.15) is 5.26 Å². The van der Waals surface area contributed by atoms with Crippen LogP contribution in [0.15, 0.2) is 12.3 Å². The Morgan fingerprint density at radius 2 is 2.47 bits per heavy atom. The van der Waals surface area contributed by atoms with Crippen LogP contribution in [0.5, 0.6) is 0 Å². The first kappa shape index (κ1) is 13.6. The van der Waals surface area contributed by atoms with Gasteiger partial charge in [0.1, 0.15) is 11.9 Å². The second-order valence-electron chi connectivity index (χ2n) is 4.54. The summed E-state index contributed by atoms with van der Waals surface area (Å²) >= 11 is 6.15. The molecule has 1 amide bonds.